The molecule has 0 radical (unpaired) electrons. The number of nitrogens with zero attached hydrogens (tertiary/aromatic N) is 1. The van der Waals surface area contributed by atoms with Crippen molar-refractivity contribution in [3.05, 3.63) is 0 Å². The molecule has 0 aromatic heterocycles. The fourth-order valence-electron chi connectivity index (χ4n) is 5.01. The third kappa shape index (κ3) is 3.04. The van der Waals surface area contributed by atoms with E-state index in [4.69, 9.17) is 0 Å². The molecule has 2 aliphatic carbocycles. The summed E-state index contributed by atoms with van der Waals surface area (Å²) in [5.74, 6) is 0.457. The number of piperidine rings is 1. The van der Waals surface area contributed by atoms with E-state index in [1.54, 1.807) is 0 Å². The van der Waals surface area contributed by atoms with Crippen molar-refractivity contribution in [1.82, 2.24) is 4.90 Å². The van der Waals surface area contributed by atoms with Crippen LogP contribution < -0.4 is 0 Å². The maximum absolute atomic E-state index is 12.7. The molecule has 3 fully saturated rings. The van der Waals surface area contributed by atoms with Crippen molar-refractivity contribution >= 4 is 5.91 Å². The Bertz CT molecular complexity index is 345. The average Bonchev–Trinajstić information content (AvgIpc) is 2.86. The highest BCUT2D eigenvalue weighted by Gasteiger charge is 2.39. The van der Waals surface area contributed by atoms with E-state index in [2.05, 4.69) is 11.8 Å². The monoisotopic (exact) mass is 277 g/mol. The largest absolute Gasteiger partial charge is 0.342 e. The number of carbonyl (C=O) groups is 1. The Morgan fingerprint density at radius 3 is 2.20 bits per heavy atom. The summed E-state index contributed by atoms with van der Waals surface area (Å²) in [6.07, 6.45) is 15.5. The first-order chi connectivity index (χ1) is 9.61. The first-order valence-electron chi connectivity index (χ1n) is 8.89. The minimum atomic E-state index is 0.314. The highest BCUT2D eigenvalue weighted by molar-refractivity contribution is 5.77. The molecule has 114 valence electrons. The standard InChI is InChI=1S/C18H31NO/c1-17(8-5-6-9-17)14-16(20)19-13-7-12-18(15-19)10-3-2-4-11-18/h2-15H2,1H3. The van der Waals surface area contributed by atoms with Gasteiger partial charge in [0.2, 0.25) is 5.91 Å². The van der Waals surface area contributed by atoms with Gasteiger partial charge in [0.15, 0.2) is 0 Å². The van der Waals surface area contributed by atoms with E-state index < -0.39 is 0 Å². The maximum atomic E-state index is 12.7. The van der Waals surface area contributed by atoms with Crippen molar-refractivity contribution in [2.75, 3.05) is 13.1 Å². The lowest BCUT2D eigenvalue weighted by Gasteiger charge is -2.46. The first-order valence-corrected chi connectivity index (χ1v) is 8.89. The molecule has 0 aromatic rings. The Hall–Kier alpha value is -0.530. The van der Waals surface area contributed by atoms with Crippen LogP contribution in [0.4, 0.5) is 0 Å². The lowest BCUT2D eigenvalue weighted by atomic mass is 9.69. The van der Waals surface area contributed by atoms with Crippen molar-refractivity contribution in [1.29, 1.82) is 0 Å². The third-order valence-electron chi connectivity index (χ3n) is 6.32. The second-order valence-electron chi connectivity index (χ2n) is 8.17. The van der Waals surface area contributed by atoms with Crippen LogP contribution in [0.2, 0.25) is 0 Å². The number of likely N-dealkylation sites (tertiary alicyclic amines) is 1. The molecule has 1 saturated heterocycles. The normalized spacial score (nSPS) is 28.8. The number of hydrogen-bond donors (Lipinski definition) is 0. The van der Waals surface area contributed by atoms with Crippen LogP contribution in [0.25, 0.3) is 0 Å². The number of carbonyl (C=O) groups excluding carboxylic acids is 1. The molecule has 1 heterocycles. The lowest BCUT2D eigenvalue weighted by molar-refractivity contribution is -0.137. The molecule has 3 aliphatic rings. The summed E-state index contributed by atoms with van der Waals surface area (Å²) in [4.78, 5) is 14.9. The van der Waals surface area contributed by atoms with E-state index in [0.717, 1.165) is 19.5 Å². The van der Waals surface area contributed by atoms with Gasteiger partial charge in [-0.05, 0) is 49.4 Å². The fourth-order valence-corrected chi connectivity index (χ4v) is 5.01. The Morgan fingerprint density at radius 2 is 1.50 bits per heavy atom. The van der Waals surface area contributed by atoms with E-state index in [9.17, 15) is 4.79 Å². The summed E-state index contributed by atoms with van der Waals surface area (Å²) in [6.45, 7) is 4.43. The zero-order valence-electron chi connectivity index (χ0n) is 13.3. The zero-order chi connectivity index (χ0) is 14.1. The van der Waals surface area contributed by atoms with Crippen molar-refractivity contribution in [2.24, 2.45) is 10.8 Å². The maximum Gasteiger partial charge on any atom is 0.223 e. The number of rotatable bonds is 2. The second-order valence-corrected chi connectivity index (χ2v) is 8.17. The van der Waals surface area contributed by atoms with E-state index >= 15 is 0 Å². The van der Waals surface area contributed by atoms with Crippen molar-refractivity contribution in [2.45, 2.75) is 84.0 Å². The molecular formula is C18H31NO. The summed E-state index contributed by atoms with van der Waals surface area (Å²) < 4.78 is 0. The first kappa shape index (κ1) is 14.4. The molecule has 0 bridgehead atoms. The minimum Gasteiger partial charge on any atom is -0.342 e. The highest BCUT2D eigenvalue weighted by Crippen LogP contribution is 2.45. The van der Waals surface area contributed by atoms with Gasteiger partial charge >= 0.3 is 0 Å². The molecule has 2 saturated carbocycles. The average molecular weight is 277 g/mol. The van der Waals surface area contributed by atoms with E-state index in [1.807, 2.05) is 0 Å². The summed E-state index contributed by atoms with van der Waals surface area (Å²) in [6, 6.07) is 0. The molecule has 1 aliphatic heterocycles. The molecule has 2 nitrogen and oxygen atoms in total. The van der Waals surface area contributed by atoms with Gasteiger partial charge in [-0.3, -0.25) is 4.79 Å². The Labute approximate surface area is 124 Å². The Morgan fingerprint density at radius 1 is 0.900 bits per heavy atom. The lowest BCUT2D eigenvalue weighted by Crippen LogP contribution is -2.47. The zero-order valence-corrected chi connectivity index (χ0v) is 13.3. The molecule has 0 aromatic carbocycles. The second kappa shape index (κ2) is 5.69. The van der Waals surface area contributed by atoms with E-state index in [1.165, 1.54) is 70.6 Å². The predicted octanol–water partition coefficient (Wildman–Crippen LogP) is 4.53. The van der Waals surface area contributed by atoms with Crippen LogP contribution in [0.1, 0.15) is 84.0 Å². The van der Waals surface area contributed by atoms with Crippen LogP contribution in [-0.2, 0) is 4.79 Å². The number of hydrogen-bond acceptors (Lipinski definition) is 1. The smallest absolute Gasteiger partial charge is 0.223 e. The van der Waals surface area contributed by atoms with Gasteiger partial charge in [0.25, 0.3) is 0 Å². The molecule has 20 heavy (non-hydrogen) atoms. The Balaban J connectivity index is 1.60. The SMILES string of the molecule is CC1(CC(=O)N2CCCC3(CCCCC3)C2)CCCC1. The van der Waals surface area contributed by atoms with Gasteiger partial charge in [-0.1, -0.05) is 39.0 Å². The molecule has 0 unspecified atom stereocenters. The molecule has 0 atom stereocenters. The van der Waals surface area contributed by atoms with Gasteiger partial charge in [-0.15, -0.1) is 0 Å². The Kier molecular flexibility index (Phi) is 4.10. The molecule has 0 N–H and O–H groups in total. The van der Waals surface area contributed by atoms with Gasteiger partial charge in [-0.25, -0.2) is 0 Å². The summed E-state index contributed by atoms with van der Waals surface area (Å²) in [7, 11) is 0. The molecular weight excluding hydrogens is 246 g/mol. The minimum absolute atomic E-state index is 0.314. The third-order valence-corrected chi connectivity index (χ3v) is 6.32. The van der Waals surface area contributed by atoms with Crippen LogP contribution in [-0.4, -0.2) is 23.9 Å². The quantitative estimate of drug-likeness (QED) is 0.726. The van der Waals surface area contributed by atoms with E-state index in [0.29, 0.717) is 16.7 Å². The topological polar surface area (TPSA) is 20.3 Å². The van der Waals surface area contributed by atoms with Crippen molar-refractivity contribution < 1.29 is 4.79 Å². The van der Waals surface area contributed by atoms with Crippen LogP contribution in [0.5, 0.6) is 0 Å². The van der Waals surface area contributed by atoms with Crippen LogP contribution in [0, 0.1) is 10.8 Å². The van der Waals surface area contributed by atoms with Crippen LogP contribution in [0.15, 0.2) is 0 Å². The molecule has 3 rings (SSSR count). The van der Waals surface area contributed by atoms with Gasteiger partial charge in [0.1, 0.15) is 0 Å². The molecule has 1 amide bonds. The van der Waals surface area contributed by atoms with Gasteiger partial charge in [-0.2, -0.15) is 0 Å². The summed E-state index contributed by atoms with van der Waals surface area (Å²) in [5.41, 5.74) is 0.816. The molecule has 2 heteroatoms. The van der Waals surface area contributed by atoms with Gasteiger partial charge in [0, 0.05) is 19.5 Å². The molecule has 1 spiro atoms. The highest BCUT2D eigenvalue weighted by atomic mass is 16.2. The van der Waals surface area contributed by atoms with Crippen molar-refractivity contribution in [3.63, 3.8) is 0 Å². The number of amides is 1. The van der Waals surface area contributed by atoms with Crippen LogP contribution in [0.3, 0.4) is 0 Å². The van der Waals surface area contributed by atoms with E-state index in [-0.39, 0.29) is 0 Å². The summed E-state index contributed by atoms with van der Waals surface area (Å²) >= 11 is 0. The van der Waals surface area contributed by atoms with Gasteiger partial charge in [0.05, 0.1) is 0 Å². The fraction of sp³-hybridized carbons (Fsp3) is 0.944. The summed E-state index contributed by atoms with van der Waals surface area (Å²) in [5, 5.41) is 0. The van der Waals surface area contributed by atoms with Gasteiger partial charge < -0.3 is 4.90 Å². The van der Waals surface area contributed by atoms with Crippen molar-refractivity contribution in [3.8, 4) is 0 Å². The predicted molar refractivity (Wildman–Crippen MR) is 82.5 cm³/mol. The van der Waals surface area contributed by atoms with Crippen LogP contribution >= 0.6 is 0 Å².